The van der Waals surface area contributed by atoms with Crippen LogP contribution in [0.1, 0.15) is 20.3 Å². The van der Waals surface area contributed by atoms with Gasteiger partial charge in [0.25, 0.3) is 0 Å². The Morgan fingerprint density at radius 2 is 2.25 bits per heavy atom. The van der Waals surface area contributed by atoms with Crippen molar-refractivity contribution in [2.24, 2.45) is 0 Å². The van der Waals surface area contributed by atoms with Gasteiger partial charge in [-0.25, -0.2) is 0 Å². The average molecular weight is 113 g/mol. The minimum Gasteiger partial charge on any atom is -0.329 e. The fourth-order valence-corrected chi connectivity index (χ4v) is 0.868. The normalized spacial score (nSPS) is 26.5. The second-order valence-corrected chi connectivity index (χ2v) is 2.21. The number of carbonyl (C=O) groups excluding carboxylic acids is 1. The lowest BCUT2D eigenvalue weighted by Crippen LogP contribution is -2.00. The van der Waals surface area contributed by atoms with E-state index in [1.165, 1.54) is 0 Å². The molecule has 1 fully saturated rings. The Balaban J connectivity index is 2.23. The van der Waals surface area contributed by atoms with Crippen molar-refractivity contribution in [3.05, 3.63) is 0 Å². The molecule has 2 heteroatoms. The van der Waals surface area contributed by atoms with E-state index in [4.69, 9.17) is 0 Å². The summed E-state index contributed by atoms with van der Waals surface area (Å²) in [5.41, 5.74) is 0. The van der Waals surface area contributed by atoms with Gasteiger partial charge in [-0.3, -0.25) is 4.79 Å². The largest absolute Gasteiger partial charge is 0.329 e. The molecule has 1 rings (SSSR count). The van der Waals surface area contributed by atoms with Gasteiger partial charge >= 0.3 is 0 Å². The Labute approximate surface area is 49.5 Å². The Hall–Kier alpha value is -0.530. The summed E-state index contributed by atoms with van der Waals surface area (Å²) in [5, 5.41) is 0. The van der Waals surface area contributed by atoms with E-state index in [2.05, 4.69) is 6.92 Å². The topological polar surface area (TPSA) is 20.1 Å². The number of hydrogen-bond acceptors (Lipinski definition) is 1. The van der Waals surface area contributed by atoms with Crippen molar-refractivity contribution in [1.82, 2.24) is 4.90 Å². The summed E-state index contributed by atoms with van der Waals surface area (Å²) in [6, 6.07) is 0.231. The zero-order valence-electron chi connectivity index (χ0n) is 5.35. The molecule has 1 atom stereocenters. The van der Waals surface area contributed by atoms with Crippen LogP contribution in [-0.2, 0) is 4.79 Å². The van der Waals surface area contributed by atoms with E-state index in [0.29, 0.717) is 5.91 Å². The van der Waals surface area contributed by atoms with E-state index in [-0.39, 0.29) is 6.04 Å². The summed E-state index contributed by atoms with van der Waals surface area (Å²) in [4.78, 5) is 12.4. The molecule has 2 nitrogen and oxygen atoms in total. The maximum Gasteiger partial charge on any atom is 0.245 e. The molecule has 0 saturated carbocycles. The first kappa shape index (κ1) is 5.60. The van der Waals surface area contributed by atoms with E-state index >= 15 is 0 Å². The summed E-state index contributed by atoms with van der Waals surface area (Å²) in [7, 11) is 0. The van der Waals surface area contributed by atoms with Gasteiger partial charge in [0.05, 0.1) is 0 Å². The molecule has 0 spiro atoms. The Kier molecular flexibility index (Phi) is 1.24. The molecule has 1 aliphatic heterocycles. The molecule has 0 radical (unpaired) electrons. The Bertz CT molecular complexity index is 111. The van der Waals surface area contributed by atoms with Crippen molar-refractivity contribution < 1.29 is 4.79 Å². The number of amides is 1. The van der Waals surface area contributed by atoms with Crippen LogP contribution in [0.15, 0.2) is 0 Å². The average Bonchev–Trinajstić information content (AvgIpc) is 2.25. The van der Waals surface area contributed by atoms with Gasteiger partial charge < -0.3 is 4.90 Å². The summed E-state index contributed by atoms with van der Waals surface area (Å²) in [6.45, 7) is 4.97. The van der Waals surface area contributed by atoms with Gasteiger partial charge in [-0.05, 0) is 13.3 Å². The maximum atomic E-state index is 10.5. The lowest BCUT2D eigenvalue weighted by molar-refractivity contribution is -0.113. The summed E-state index contributed by atoms with van der Waals surface area (Å²) < 4.78 is 0. The van der Waals surface area contributed by atoms with Gasteiger partial charge in [-0.15, -0.1) is 0 Å². The third-order valence-electron chi connectivity index (χ3n) is 1.50. The molecule has 8 heavy (non-hydrogen) atoms. The monoisotopic (exact) mass is 113 g/mol. The predicted molar refractivity (Wildman–Crippen MR) is 31.5 cm³/mol. The molecule has 1 heterocycles. The highest BCUT2D eigenvalue weighted by Crippen LogP contribution is 2.17. The van der Waals surface area contributed by atoms with Crippen LogP contribution in [0.25, 0.3) is 0 Å². The first-order valence-corrected chi connectivity index (χ1v) is 3.08. The summed E-state index contributed by atoms with van der Waals surface area (Å²) in [6.07, 6.45) is 1.08. The molecule has 0 aromatic carbocycles. The van der Waals surface area contributed by atoms with Crippen LogP contribution >= 0.6 is 0 Å². The Morgan fingerprint density at radius 1 is 1.75 bits per heavy atom. The van der Waals surface area contributed by atoms with Crippen LogP contribution in [0, 0.1) is 0 Å². The van der Waals surface area contributed by atoms with Crippen molar-refractivity contribution in [2.75, 3.05) is 6.54 Å². The third kappa shape index (κ3) is 0.703. The van der Waals surface area contributed by atoms with E-state index in [9.17, 15) is 4.79 Å². The van der Waals surface area contributed by atoms with Gasteiger partial charge in [-0.1, -0.05) is 6.92 Å². The molecular formula is C6H11NO. The fourth-order valence-electron chi connectivity index (χ4n) is 0.868. The lowest BCUT2D eigenvalue weighted by atomic mass is 10.5. The minimum absolute atomic E-state index is 0.231. The van der Waals surface area contributed by atoms with E-state index in [0.717, 1.165) is 13.0 Å². The first-order chi connectivity index (χ1) is 3.77. The molecule has 0 N–H and O–H groups in total. The number of hydrogen-bond donors (Lipinski definition) is 0. The predicted octanol–water partition coefficient (Wildman–Crippen LogP) is 0.627. The second-order valence-electron chi connectivity index (χ2n) is 2.21. The minimum atomic E-state index is 0.231. The van der Waals surface area contributed by atoms with E-state index < -0.39 is 0 Å². The van der Waals surface area contributed by atoms with Gasteiger partial charge in [0.15, 0.2) is 0 Å². The molecule has 46 valence electrons. The van der Waals surface area contributed by atoms with E-state index in [1.807, 2.05) is 11.8 Å². The summed E-state index contributed by atoms with van der Waals surface area (Å²) in [5.74, 6) is 0.312. The molecule has 0 aliphatic carbocycles. The fraction of sp³-hybridized carbons (Fsp3) is 0.833. The van der Waals surface area contributed by atoms with Crippen molar-refractivity contribution in [1.29, 1.82) is 0 Å². The summed E-state index contributed by atoms with van der Waals surface area (Å²) >= 11 is 0. The molecule has 1 unspecified atom stereocenters. The quantitative estimate of drug-likeness (QED) is 0.481. The number of rotatable bonds is 2. The first-order valence-electron chi connectivity index (χ1n) is 3.08. The molecule has 0 aromatic rings. The standard InChI is InChI=1S/C6H11NO/c1-3-4-7-5(2)6(7)8/h5H,3-4H2,1-2H3. The van der Waals surface area contributed by atoms with Crippen LogP contribution < -0.4 is 0 Å². The van der Waals surface area contributed by atoms with Crippen LogP contribution in [0.4, 0.5) is 0 Å². The van der Waals surface area contributed by atoms with Crippen LogP contribution in [0.5, 0.6) is 0 Å². The molecular weight excluding hydrogens is 102 g/mol. The molecule has 0 bridgehead atoms. The highest BCUT2D eigenvalue weighted by molar-refractivity contribution is 5.96. The van der Waals surface area contributed by atoms with Gasteiger partial charge in [0, 0.05) is 6.54 Å². The van der Waals surface area contributed by atoms with Gasteiger partial charge in [-0.2, -0.15) is 0 Å². The number of carbonyl (C=O) groups is 1. The molecule has 1 amide bonds. The van der Waals surface area contributed by atoms with Crippen molar-refractivity contribution in [3.63, 3.8) is 0 Å². The Morgan fingerprint density at radius 3 is 2.38 bits per heavy atom. The van der Waals surface area contributed by atoms with Crippen LogP contribution in [0.2, 0.25) is 0 Å². The zero-order chi connectivity index (χ0) is 6.15. The maximum absolute atomic E-state index is 10.5. The van der Waals surface area contributed by atoms with E-state index in [1.54, 1.807) is 0 Å². The third-order valence-corrected chi connectivity index (χ3v) is 1.50. The molecule has 1 aliphatic rings. The number of nitrogens with zero attached hydrogens (tertiary/aromatic N) is 1. The molecule has 1 saturated heterocycles. The van der Waals surface area contributed by atoms with Crippen molar-refractivity contribution >= 4 is 5.91 Å². The smallest absolute Gasteiger partial charge is 0.245 e. The van der Waals surface area contributed by atoms with Gasteiger partial charge in [0.2, 0.25) is 5.91 Å². The highest BCUT2D eigenvalue weighted by Gasteiger charge is 2.39. The van der Waals surface area contributed by atoms with Crippen molar-refractivity contribution in [2.45, 2.75) is 26.3 Å². The van der Waals surface area contributed by atoms with Crippen LogP contribution in [-0.4, -0.2) is 23.4 Å². The lowest BCUT2D eigenvalue weighted by Gasteiger charge is -1.92. The zero-order valence-corrected chi connectivity index (χ0v) is 5.35. The van der Waals surface area contributed by atoms with Crippen molar-refractivity contribution in [3.8, 4) is 0 Å². The SMILES string of the molecule is CCCN1C(=O)C1C. The second kappa shape index (κ2) is 1.77. The van der Waals surface area contributed by atoms with Crippen LogP contribution in [0.3, 0.4) is 0 Å². The molecule has 0 aromatic heterocycles. The highest BCUT2D eigenvalue weighted by atomic mass is 16.2. The van der Waals surface area contributed by atoms with Gasteiger partial charge in [0.1, 0.15) is 6.04 Å².